The van der Waals surface area contributed by atoms with E-state index in [0.29, 0.717) is 43.6 Å². The number of halogens is 2. The van der Waals surface area contributed by atoms with Gasteiger partial charge in [0.25, 0.3) is 0 Å². The second-order valence-corrected chi connectivity index (χ2v) is 6.95. The van der Waals surface area contributed by atoms with Gasteiger partial charge >= 0.3 is 0 Å². The lowest BCUT2D eigenvalue weighted by molar-refractivity contribution is 0.103. The fourth-order valence-corrected chi connectivity index (χ4v) is 3.83. The van der Waals surface area contributed by atoms with E-state index in [2.05, 4.69) is 0 Å². The van der Waals surface area contributed by atoms with E-state index in [1.54, 1.807) is 36.4 Å². The average molecular weight is 397 g/mol. The fourth-order valence-electron chi connectivity index (χ4n) is 3.31. The Bertz CT molecular complexity index is 1060. The highest BCUT2D eigenvalue weighted by Gasteiger charge is 2.30. The molecule has 0 heterocycles. The van der Waals surface area contributed by atoms with Crippen LogP contribution in [0.4, 0.5) is 0 Å². The number of hydrogen-bond acceptors (Lipinski definition) is 3. The molecule has 0 fully saturated rings. The molecule has 134 valence electrons. The Balaban J connectivity index is 2.02. The molecule has 1 N–H and O–H groups in total. The molecule has 0 atom stereocenters. The molecule has 3 nitrogen and oxygen atoms in total. The van der Waals surface area contributed by atoms with Crippen molar-refractivity contribution in [1.29, 1.82) is 0 Å². The van der Waals surface area contributed by atoms with Gasteiger partial charge in [-0.2, -0.15) is 0 Å². The highest BCUT2D eigenvalue weighted by molar-refractivity contribution is 6.40. The van der Waals surface area contributed by atoms with Gasteiger partial charge in [0.05, 0.1) is 17.2 Å². The third-order valence-corrected chi connectivity index (χ3v) is 5.23. The van der Waals surface area contributed by atoms with Crippen molar-refractivity contribution < 1.29 is 14.6 Å². The molecule has 0 aliphatic heterocycles. The van der Waals surface area contributed by atoms with Crippen LogP contribution in [0.2, 0.25) is 10.0 Å². The Morgan fingerprint density at radius 1 is 0.926 bits per heavy atom. The summed E-state index contributed by atoms with van der Waals surface area (Å²) in [5.41, 5.74) is 3.61. The lowest BCUT2D eigenvalue weighted by Gasteiger charge is -2.23. The molecule has 0 spiro atoms. The number of rotatable bonds is 2. The van der Waals surface area contributed by atoms with Crippen molar-refractivity contribution in [2.45, 2.75) is 0 Å². The van der Waals surface area contributed by atoms with E-state index in [9.17, 15) is 9.90 Å². The van der Waals surface area contributed by atoms with Crippen LogP contribution in [0.25, 0.3) is 11.6 Å². The molecular weight excluding hydrogens is 383 g/mol. The molecule has 1 aliphatic carbocycles. The molecule has 0 amide bonds. The fraction of sp³-hybridized carbons (Fsp3) is 0.0455. The number of carbonyl (C=O) groups excluding carboxylic acids is 1. The zero-order valence-corrected chi connectivity index (χ0v) is 15.8. The number of ketones is 1. The number of methoxy groups -OCH3 is 1. The SMILES string of the molecule is COc1ccc(C=C2c3cccc(Cl)c3C(=O)c3c(Cl)cccc32)c(O)c1. The molecule has 27 heavy (non-hydrogen) atoms. The predicted molar refractivity (Wildman–Crippen MR) is 108 cm³/mol. The number of phenolic OH excluding ortho intramolecular Hbond substituents is 1. The highest BCUT2D eigenvalue weighted by atomic mass is 35.5. The maximum atomic E-state index is 13.0. The van der Waals surface area contributed by atoms with Crippen LogP contribution in [0.1, 0.15) is 32.6 Å². The Morgan fingerprint density at radius 2 is 1.52 bits per heavy atom. The van der Waals surface area contributed by atoms with Gasteiger partial charge in [-0.15, -0.1) is 0 Å². The first-order valence-corrected chi connectivity index (χ1v) is 8.98. The van der Waals surface area contributed by atoms with E-state index >= 15 is 0 Å². The minimum absolute atomic E-state index is 0.0749. The molecule has 0 saturated carbocycles. The van der Waals surface area contributed by atoms with Crippen molar-refractivity contribution in [3.8, 4) is 11.5 Å². The van der Waals surface area contributed by atoms with Gasteiger partial charge < -0.3 is 9.84 Å². The Morgan fingerprint density at radius 3 is 2.04 bits per heavy atom. The number of carbonyl (C=O) groups is 1. The van der Waals surface area contributed by atoms with E-state index in [1.165, 1.54) is 13.2 Å². The van der Waals surface area contributed by atoms with Gasteiger partial charge in [0.2, 0.25) is 0 Å². The number of phenols is 1. The smallest absolute Gasteiger partial charge is 0.197 e. The quantitative estimate of drug-likeness (QED) is 0.462. The second kappa shape index (κ2) is 6.76. The summed E-state index contributed by atoms with van der Waals surface area (Å²) in [4.78, 5) is 13.0. The summed E-state index contributed by atoms with van der Waals surface area (Å²) in [7, 11) is 1.54. The maximum Gasteiger partial charge on any atom is 0.197 e. The Labute approximate surface area is 166 Å². The minimum atomic E-state index is -0.202. The molecule has 5 heteroatoms. The molecule has 0 saturated heterocycles. The van der Waals surface area contributed by atoms with E-state index < -0.39 is 0 Å². The van der Waals surface area contributed by atoms with Crippen molar-refractivity contribution in [3.05, 3.63) is 92.5 Å². The monoisotopic (exact) mass is 396 g/mol. The van der Waals surface area contributed by atoms with Gasteiger partial charge in [0.15, 0.2) is 5.78 Å². The minimum Gasteiger partial charge on any atom is -0.507 e. The molecule has 3 aromatic rings. The van der Waals surface area contributed by atoms with E-state index in [-0.39, 0.29) is 11.5 Å². The van der Waals surface area contributed by atoms with Crippen LogP contribution in [0, 0.1) is 0 Å². The number of ether oxygens (including phenoxy) is 1. The van der Waals surface area contributed by atoms with Crippen LogP contribution in [0.3, 0.4) is 0 Å². The predicted octanol–water partition coefficient (Wildman–Crippen LogP) is 5.84. The third kappa shape index (κ3) is 2.89. The van der Waals surface area contributed by atoms with Crippen LogP contribution < -0.4 is 4.74 Å². The van der Waals surface area contributed by atoms with Gasteiger partial charge in [-0.3, -0.25) is 4.79 Å². The molecular formula is C22H14Cl2O3. The summed E-state index contributed by atoms with van der Waals surface area (Å²) < 4.78 is 5.14. The number of benzene rings is 3. The molecule has 0 unspecified atom stereocenters. The van der Waals surface area contributed by atoms with Gasteiger partial charge in [0.1, 0.15) is 11.5 Å². The van der Waals surface area contributed by atoms with Crippen molar-refractivity contribution >= 4 is 40.6 Å². The van der Waals surface area contributed by atoms with Crippen molar-refractivity contribution in [2.24, 2.45) is 0 Å². The lowest BCUT2D eigenvalue weighted by atomic mass is 9.80. The number of aromatic hydroxyl groups is 1. The van der Waals surface area contributed by atoms with Crippen LogP contribution in [0.15, 0.2) is 54.6 Å². The van der Waals surface area contributed by atoms with Crippen LogP contribution in [0.5, 0.6) is 11.5 Å². The normalized spacial score (nSPS) is 12.4. The number of hydrogen-bond donors (Lipinski definition) is 1. The van der Waals surface area contributed by atoms with Crippen LogP contribution in [-0.4, -0.2) is 18.0 Å². The largest absolute Gasteiger partial charge is 0.507 e. The molecule has 0 bridgehead atoms. The lowest BCUT2D eigenvalue weighted by Crippen LogP contribution is -2.15. The standard InChI is InChI=1S/C22H14Cl2O3/c1-27-13-9-8-12(19(25)11-13)10-16-14-4-2-6-17(23)20(14)22(26)21-15(16)5-3-7-18(21)24/h2-11,25H,1H3. The zero-order chi connectivity index (χ0) is 19.1. The second-order valence-electron chi connectivity index (χ2n) is 6.14. The molecule has 1 aliphatic rings. The van der Waals surface area contributed by atoms with E-state index in [4.69, 9.17) is 27.9 Å². The van der Waals surface area contributed by atoms with Gasteiger partial charge in [-0.05, 0) is 47.0 Å². The topological polar surface area (TPSA) is 46.5 Å². The summed E-state index contributed by atoms with van der Waals surface area (Å²) >= 11 is 12.7. The van der Waals surface area contributed by atoms with E-state index in [1.807, 2.05) is 18.2 Å². The van der Waals surface area contributed by atoms with Gasteiger partial charge in [-0.1, -0.05) is 47.5 Å². The first kappa shape index (κ1) is 17.7. The van der Waals surface area contributed by atoms with Gasteiger partial charge in [0, 0.05) is 22.8 Å². The first-order valence-electron chi connectivity index (χ1n) is 8.22. The molecule has 0 aromatic heterocycles. The summed E-state index contributed by atoms with van der Waals surface area (Å²) in [6, 6.07) is 15.7. The summed E-state index contributed by atoms with van der Waals surface area (Å²) in [6.45, 7) is 0. The highest BCUT2D eigenvalue weighted by Crippen LogP contribution is 2.42. The zero-order valence-electron chi connectivity index (χ0n) is 14.3. The van der Waals surface area contributed by atoms with Crippen LogP contribution >= 0.6 is 23.2 Å². The Hall–Kier alpha value is -2.75. The van der Waals surface area contributed by atoms with Crippen molar-refractivity contribution in [1.82, 2.24) is 0 Å². The summed E-state index contributed by atoms with van der Waals surface area (Å²) in [5.74, 6) is 0.429. The molecule has 4 rings (SSSR count). The third-order valence-electron chi connectivity index (χ3n) is 4.60. The summed E-state index contributed by atoms with van der Waals surface area (Å²) in [5, 5.41) is 11.1. The number of fused-ring (bicyclic) bond motifs is 2. The van der Waals surface area contributed by atoms with Gasteiger partial charge in [-0.25, -0.2) is 0 Å². The molecule has 3 aromatic carbocycles. The maximum absolute atomic E-state index is 13.0. The average Bonchev–Trinajstić information content (AvgIpc) is 2.65. The van der Waals surface area contributed by atoms with Crippen molar-refractivity contribution in [2.75, 3.05) is 7.11 Å². The summed E-state index contributed by atoms with van der Waals surface area (Å²) in [6.07, 6.45) is 1.82. The van der Waals surface area contributed by atoms with Crippen LogP contribution in [-0.2, 0) is 0 Å². The van der Waals surface area contributed by atoms with E-state index in [0.717, 1.165) is 5.57 Å². The Kier molecular flexibility index (Phi) is 4.42. The molecule has 0 radical (unpaired) electrons. The first-order chi connectivity index (χ1) is 13.0. The van der Waals surface area contributed by atoms with Crippen molar-refractivity contribution in [3.63, 3.8) is 0 Å².